The molecule has 0 spiro atoms. The number of hydrogen-bond donors (Lipinski definition) is 1. The Morgan fingerprint density at radius 1 is 0.879 bits per heavy atom. The van der Waals surface area contributed by atoms with Gasteiger partial charge in [0.1, 0.15) is 11.2 Å². The van der Waals surface area contributed by atoms with Gasteiger partial charge in [-0.2, -0.15) is 4.90 Å². The van der Waals surface area contributed by atoms with E-state index in [1.807, 2.05) is 0 Å². The molecule has 33 heavy (non-hydrogen) atoms. The van der Waals surface area contributed by atoms with Gasteiger partial charge < -0.3 is 19.5 Å². The molecule has 178 valence electrons. The van der Waals surface area contributed by atoms with Crippen LogP contribution in [0.1, 0.15) is 41.5 Å². The highest BCUT2D eigenvalue weighted by molar-refractivity contribution is 5.94. The molecule has 0 aliphatic rings. The number of amides is 2. The number of aromatic nitrogens is 2. The molecule has 2 aromatic rings. The number of carboxylic acid groups (broad SMARTS) is 1. The molecule has 0 radical (unpaired) electrons. The van der Waals surface area contributed by atoms with Gasteiger partial charge in [0.2, 0.25) is 5.95 Å². The lowest BCUT2D eigenvalue weighted by Gasteiger charge is -2.34. The Morgan fingerprint density at radius 3 is 1.79 bits per heavy atom. The summed E-state index contributed by atoms with van der Waals surface area (Å²) in [7, 11) is 0. The van der Waals surface area contributed by atoms with Crippen molar-refractivity contribution in [2.45, 2.75) is 58.8 Å². The highest BCUT2D eigenvalue weighted by Crippen LogP contribution is 2.24. The van der Waals surface area contributed by atoms with E-state index in [0.29, 0.717) is 10.6 Å². The summed E-state index contributed by atoms with van der Waals surface area (Å²) in [6.07, 6.45) is 0.749. The Labute approximate surface area is 193 Å². The highest BCUT2D eigenvalue weighted by Gasteiger charge is 2.41. The summed E-state index contributed by atoms with van der Waals surface area (Å²) in [5.41, 5.74) is -1.37. The molecule has 0 aliphatic carbocycles. The van der Waals surface area contributed by atoms with Gasteiger partial charge in [0, 0.05) is 18.1 Å². The van der Waals surface area contributed by atoms with E-state index >= 15 is 0 Å². The summed E-state index contributed by atoms with van der Waals surface area (Å²) in [6, 6.07) is 8.76. The van der Waals surface area contributed by atoms with Crippen LogP contribution in [0.5, 0.6) is 0 Å². The number of imide groups is 1. The zero-order valence-electron chi connectivity index (χ0n) is 19.7. The molecule has 10 heteroatoms. The normalized spacial score (nSPS) is 12.4. The first-order valence-electron chi connectivity index (χ1n) is 10.4. The van der Waals surface area contributed by atoms with Crippen molar-refractivity contribution in [3.63, 3.8) is 0 Å². The zero-order valence-corrected chi connectivity index (χ0v) is 19.7. The van der Waals surface area contributed by atoms with Gasteiger partial charge in [0.25, 0.3) is 0 Å². The lowest BCUT2D eigenvalue weighted by molar-refractivity contribution is -0.142. The summed E-state index contributed by atoms with van der Waals surface area (Å²) >= 11 is 0. The number of carboxylic acids is 1. The van der Waals surface area contributed by atoms with Crippen LogP contribution in [-0.4, -0.2) is 61.9 Å². The maximum absolute atomic E-state index is 13.0. The number of carbonyl (C=O) groups is 3. The van der Waals surface area contributed by atoms with E-state index in [2.05, 4.69) is 9.97 Å². The van der Waals surface area contributed by atoms with Crippen molar-refractivity contribution >= 4 is 29.8 Å². The molecule has 1 aromatic heterocycles. The number of nitrogens with zero attached hydrogens (tertiary/aromatic N) is 4. The van der Waals surface area contributed by atoms with Gasteiger partial charge in [-0.25, -0.2) is 24.4 Å². The largest absolute Gasteiger partial charge is 0.480 e. The van der Waals surface area contributed by atoms with Gasteiger partial charge in [-0.3, -0.25) is 0 Å². The molecule has 1 aromatic carbocycles. The molecule has 10 nitrogen and oxygen atoms in total. The molecule has 2 amide bonds. The number of benzene rings is 1. The van der Waals surface area contributed by atoms with E-state index in [4.69, 9.17) is 9.47 Å². The van der Waals surface area contributed by atoms with Crippen molar-refractivity contribution in [1.29, 1.82) is 0 Å². The Bertz CT molecular complexity index is 887. The summed E-state index contributed by atoms with van der Waals surface area (Å²) < 4.78 is 10.7. The average molecular weight is 459 g/mol. The fourth-order valence-corrected chi connectivity index (χ4v) is 2.74. The predicted molar refractivity (Wildman–Crippen MR) is 121 cm³/mol. The zero-order chi connectivity index (χ0) is 24.8. The Morgan fingerprint density at radius 2 is 1.36 bits per heavy atom. The van der Waals surface area contributed by atoms with Crippen LogP contribution in [0.3, 0.4) is 0 Å². The van der Waals surface area contributed by atoms with Crippen LogP contribution < -0.4 is 4.90 Å². The minimum atomic E-state index is -1.67. The smallest absolute Gasteiger partial charge is 0.420 e. The van der Waals surface area contributed by atoms with Crippen molar-refractivity contribution in [2.24, 2.45) is 0 Å². The van der Waals surface area contributed by atoms with Crippen molar-refractivity contribution in [1.82, 2.24) is 14.9 Å². The molecule has 1 heterocycles. The second kappa shape index (κ2) is 10.3. The first-order valence-corrected chi connectivity index (χ1v) is 10.4. The van der Waals surface area contributed by atoms with E-state index in [1.165, 1.54) is 17.3 Å². The van der Waals surface area contributed by atoms with Crippen molar-refractivity contribution in [2.75, 3.05) is 11.4 Å². The van der Waals surface area contributed by atoms with E-state index in [-0.39, 0.29) is 12.5 Å². The monoisotopic (exact) mass is 458 g/mol. The minimum Gasteiger partial charge on any atom is -0.480 e. The van der Waals surface area contributed by atoms with Crippen LogP contribution in [0.4, 0.5) is 21.2 Å². The topological polar surface area (TPSA) is 122 Å². The van der Waals surface area contributed by atoms with Gasteiger partial charge in [-0.1, -0.05) is 18.2 Å². The van der Waals surface area contributed by atoms with E-state index in [0.717, 1.165) is 0 Å². The molecule has 0 aliphatic heterocycles. The summed E-state index contributed by atoms with van der Waals surface area (Å²) in [6.45, 7) is 9.33. The summed E-state index contributed by atoms with van der Waals surface area (Å²) in [5, 5.41) is 10.1. The summed E-state index contributed by atoms with van der Waals surface area (Å²) in [5.74, 6) is -1.23. The number of rotatable bonds is 6. The standard InChI is InChI=1S/C23H30N4O6/c1-22(2,3)32-20(30)27(21(31)33-23(4,5)6)17(18(28)29)15-26(16-11-8-7-9-12-16)19-24-13-10-14-25-19/h7-14,17H,15H2,1-6H3,(H,28,29). The molecule has 1 atom stereocenters. The summed E-state index contributed by atoms with van der Waals surface area (Å²) in [4.78, 5) is 48.7. The minimum absolute atomic E-state index is 0.197. The van der Waals surface area contributed by atoms with E-state index < -0.39 is 35.4 Å². The molecule has 0 saturated heterocycles. The third-order valence-electron chi connectivity index (χ3n) is 3.99. The fraction of sp³-hybridized carbons (Fsp3) is 0.435. The Hall–Kier alpha value is -3.69. The third-order valence-corrected chi connectivity index (χ3v) is 3.99. The van der Waals surface area contributed by atoms with Gasteiger partial charge in [0.15, 0.2) is 6.04 Å². The van der Waals surface area contributed by atoms with Crippen LogP contribution in [0, 0.1) is 0 Å². The van der Waals surface area contributed by atoms with Crippen LogP contribution in [0.2, 0.25) is 0 Å². The van der Waals surface area contributed by atoms with E-state index in [9.17, 15) is 19.5 Å². The number of hydrogen-bond acceptors (Lipinski definition) is 8. The molecular weight excluding hydrogens is 428 g/mol. The molecule has 2 rings (SSSR count). The lowest BCUT2D eigenvalue weighted by atomic mass is 10.2. The van der Waals surface area contributed by atoms with Crippen LogP contribution in [0.15, 0.2) is 48.8 Å². The quantitative estimate of drug-likeness (QED) is 0.677. The highest BCUT2D eigenvalue weighted by atomic mass is 16.6. The molecule has 1 N–H and O–H groups in total. The van der Waals surface area contributed by atoms with Gasteiger partial charge in [-0.15, -0.1) is 0 Å². The maximum atomic E-state index is 13.0. The number of aliphatic carboxylic acids is 1. The number of para-hydroxylation sites is 1. The molecule has 0 saturated carbocycles. The van der Waals surface area contributed by atoms with Crippen molar-refractivity contribution < 1.29 is 29.0 Å². The molecule has 0 bridgehead atoms. The van der Waals surface area contributed by atoms with Crippen LogP contribution in [-0.2, 0) is 14.3 Å². The first kappa shape index (κ1) is 25.6. The van der Waals surface area contributed by atoms with Crippen molar-refractivity contribution in [3.8, 4) is 0 Å². The third kappa shape index (κ3) is 7.74. The van der Waals surface area contributed by atoms with Crippen LogP contribution >= 0.6 is 0 Å². The van der Waals surface area contributed by atoms with Crippen LogP contribution in [0.25, 0.3) is 0 Å². The van der Waals surface area contributed by atoms with E-state index in [1.54, 1.807) is 77.9 Å². The van der Waals surface area contributed by atoms with Crippen molar-refractivity contribution in [3.05, 3.63) is 48.8 Å². The molecular formula is C23H30N4O6. The SMILES string of the molecule is CC(C)(C)OC(=O)N(C(=O)OC(C)(C)C)C(CN(c1ccccc1)c1ncccn1)C(=O)O. The molecule has 1 unspecified atom stereocenters. The average Bonchev–Trinajstić information content (AvgIpc) is 2.69. The predicted octanol–water partition coefficient (Wildman–Crippen LogP) is 4.24. The first-order chi connectivity index (χ1) is 15.3. The number of anilines is 2. The fourth-order valence-electron chi connectivity index (χ4n) is 2.74. The molecule has 0 fully saturated rings. The Kier molecular flexibility index (Phi) is 7.97. The second-order valence-electron chi connectivity index (χ2n) is 9.18. The number of ether oxygens (including phenoxy) is 2. The van der Waals surface area contributed by atoms with Gasteiger partial charge in [-0.05, 0) is 59.7 Å². The Balaban J connectivity index is 2.52. The maximum Gasteiger partial charge on any atom is 0.420 e. The van der Waals surface area contributed by atoms with Gasteiger partial charge >= 0.3 is 18.2 Å². The lowest BCUT2D eigenvalue weighted by Crippen LogP contribution is -2.55. The number of carbonyl (C=O) groups excluding carboxylic acids is 2. The van der Waals surface area contributed by atoms with Gasteiger partial charge in [0.05, 0.1) is 6.54 Å². The second-order valence-corrected chi connectivity index (χ2v) is 9.18.